The van der Waals surface area contributed by atoms with Crippen LogP contribution in [0.2, 0.25) is 0 Å². The Morgan fingerprint density at radius 2 is 1.86 bits per heavy atom. The van der Waals surface area contributed by atoms with Gasteiger partial charge in [-0.1, -0.05) is 12.8 Å². The standard InChI is InChI=1S/C17H26O3P2/c1-5-15-10-17(20-22(4,19)13-15)8-6-7-16-9-14(2)11-21(3,18)12-16/h1,14-17H,8-13H2,2-4H3. The normalized spacial score (nSPS) is 45.4. The van der Waals surface area contributed by atoms with Crippen LogP contribution in [0.3, 0.4) is 0 Å². The summed E-state index contributed by atoms with van der Waals surface area (Å²) in [6, 6.07) is 0. The highest BCUT2D eigenvalue weighted by atomic mass is 31.2. The molecule has 22 heavy (non-hydrogen) atoms. The summed E-state index contributed by atoms with van der Waals surface area (Å²) in [7, 11) is -4.58. The van der Waals surface area contributed by atoms with Crippen molar-refractivity contribution < 1.29 is 13.7 Å². The minimum Gasteiger partial charge on any atom is -0.324 e. The third-order valence-electron chi connectivity index (χ3n) is 4.33. The number of hydrogen-bond acceptors (Lipinski definition) is 3. The van der Waals surface area contributed by atoms with E-state index in [1.54, 1.807) is 6.66 Å². The van der Waals surface area contributed by atoms with Gasteiger partial charge in [-0.2, -0.15) is 0 Å². The molecule has 5 heteroatoms. The van der Waals surface area contributed by atoms with Gasteiger partial charge >= 0.3 is 0 Å². The van der Waals surface area contributed by atoms with Crippen LogP contribution >= 0.6 is 14.5 Å². The minimum atomic E-state index is -2.57. The van der Waals surface area contributed by atoms with Gasteiger partial charge in [0.05, 0.1) is 13.2 Å². The summed E-state index contributed by atoms with van der Waals surface area (Å²) in [6.45, 7) is 5.71. The first-order valence-electron chi connectivity index (χ1n) is 7.94. The number of terminal acetylenes is 1. The average molecular weight is 340 g/mol. The van der Waals surface area contributed by atoms with E-state index in [0.29, 0.717) is 18.5 Å². The second-order valence-corrected chi connectivity index (χ2v) is 13.2. The molecular weight excluding hydrogens is 314 g/mol. The van der Waals surface area contributed by atoms with E-state index >= 15 is 0 Å². The predicted molar refractivity (Wildman–Crippen MR) is 93.1 cm³/mol. The summed E-state index contributed by atoms with van der Waals surface area (Å²) in [4.78, 5) is 0. The maximum atomic E-state index is 12.3. The highest BCUT2D eigenvalue weighted by molar-refractivity contribution is 7.63. The lowest BCUT2D eigenvalue weighted by molar-refractivity contribution is 0.170. The SMILES string of the molecule is C#CC1CC(CC#CC2CC(C)CP(C)(=O)C2)OP(C)(=O)C1. The third-order valence-corrected chi connectivity index (χ3v) is 8.79. The van der Waals surface area contributed by atoms with Gasteiger partial charge in [0.1, 0.15) is 0 Å². The van der Waals surface area contributed by atoms with Gasteiger partial charge in [0.2, 0.25) is 7.37 Å². The average Bonchev–Trinajstić information content (AvgIpc) is 2.34. The largest absolute Gasteiger partial charge is 0.324 e. The summed E-state index contributed by atoms with van der Waals surface area (Å²) in [5.41, 5.74) is 0. The molecule has 0 radical (unpaired) electrons. The van der Waals surface area contributed by atoms with E-state index < -0.39 is 14.5 Å². The van der Waals surface area contributed by atoms with Crippen LogP contribution in [-0.4, -0.2) is 37.9 Å². The molecule has 2 aliphatic rings. The molecule has 0 amide bonds. The fourth-order valence-corrected chi connectivity index (χ4v) is 8.41. The van der Waals surface area contributed by atoms with E-state index in [1.807, 2.05) is 6.66 Å². The van der Waals surface area contributed by atoms with Gasteiger partial charge in [-0.05, 0) is 25.4 Å². The van der Waals surface area contributed by atoms with Gasteiger partial charge in [-0.3, -0.25) is 4.57 Å². The molecule has 0 saturated carbocycles. The molecule has 0 aliphatic carbocycles. The fourth-order valence-electron chi connectivity index (χ4n) is 3.69. The lowest BCUT2D eigenvalue weighted by Gasteiger charge is -2.30. The van der Waals surface area contributed by atoms with E-state index in [9.17, 15) is 9.13 Å². The maximum Gasteiger partial charge on any atom is 0.201 e. The molecular formula is C17H26O3P2. The number of hydrogen-bond donors (Lipinski definition) is 0. The quantitative estimate of drug-likeness (QED) is 0.536. The van der Waals surface area contributed by atoms with Crippen molar-refractivity contribution in [3.63, 3.8) is 0 Å². The van der Waals surface area contributed by atoms with Crippen molar-refractivity contribution in [3.05, 3.63) is 0 Å². The highest BCUT2D eigenvalue weighted by Gasteiger charge is 2.33. The molecule has 0 bridgehead atoms. The monoisotopic (exact) mass is 340 g/mol. The summed E-state index contributed by atoms with van der Waals surface area (Å²) in [6.07, 6.45) is 9.73. The van der Waals surface area contributed by atoms with Gasteiger partial charge in [0, 0.05) is 43.4 Å². The summed E-state index contributed by atoms with van der Waals surface area (Å²) in [5, 5.41) is 0. The van der Waals surface area contributed by atoms with Crippen molar-refractivity contribution in [2.24, 2.45) is 17.8 Å². The lowest BCUT2D eigenvalue weighted by atomic mass is 9.97. The van der Waals surface area contributed by atoms with Crippen molar-refractivity contribution in [2.45, 2.75) is 32.3 Å². The summed E-state index contributed by atoms with van der Waals surface area (Å²) in [5.74, 6) is 9.89. The molecule has 0 spiro atoms. The minimum absolute atomic E-state index is 0.0296. The van der Waals surface area contributed by atoms with Crippen molar-refractivity contribution >= 4 is 14.5 Å². The molecule has 0 N–H and O–H groups in total. The third kappa shape index (κ3) is 5.32. The molecule has 6 unspecified atom stereocenters. The Bertz CT molecular complexity index is 608. The molecule has 0 aromatic carbocycles. The van der Waals surface area contributed by atoms with Crippen LogP contribution in [0.5, 0.6) is 0 Å². The summed E-state index contributed by atoms with van der Waals surface area (Å²) >= 11 is 0. The molecule has 2 aliphatic heterocycles. The van der Waals surface area contributed by atoms with Crippen molar-refractivity contribution in [3.8, 4) is 24.2 Å². The Morgan fingerprint density at radius 3 is 2.50 bits per heavy atom. The van der Waals surface area contributed by atoms with Crippen LogP contribution in [0.1, 0.15) is 26.2 Å². The topological polar surface area (TPSA) is 43.4 Å². The van der Waals surface area contributed by atoms with Gasteiger partial charge in [-0.15, -0.1) is 18.3 Å². The summed E-state index contributed by atoms with van der Waals surface area (Å²) < 4.78 is 30.2. The highest BCUT2D eigenvalue weighted by Crippen LogP contribution is 2.51. The molecule has 3 nitrogen and oxygen atoms in total. The van der Waals surface area contributed by atoms with Gasteiger partial charge in [-0.25, -0.2) is 0 Å². The second kappa shape index (κ2) is 6.97. The van der Waals surface area contributed by atoms with E-state index in [1.165, 1.54) is 0 Å². The van der Waals surface area contributed by atoms with Gasteiger partial charge in [0.25, 0.3) is 0 Å². The van der Waals surface area contributed by atoms with Crippen LogP contribution < -0.4 is 0 Å². The maximum absolute atomic E-state index is 12.3. The van der Waals surface area contributed by atoms with Crippen molar-refractivity contribution in [1.29, 1.82) is 0 Å². The zero-order valence-corrected chi connectivity index (χ0v) is 15.5. The van der Waals surface area contributed by atoms with Crippen LogP contribution in [0.4, 0.5) is 0 Å². The van der Waals surface area contributed by atoms with Crippen LogP contribution in [0, 0.1) is 41.9 Å². The second-order valence-electron chi connectivity index (χ2n) is 7.25. The molecule has 122 valence electrons. The Labute approximate surface area is 134 Å². The first-order chi connectivity index (χ1) is 10.2. The Hall–Kier alpha value is -0.460. The molecule has 2 heterocycles. The molecule has 2 fully saturated rings. The van der Waals surface area contributed by atoms with Crippen LogP contribution in [0.15, 0.2) is 0 Å². The van der Waals surface area contributed by atoms with Crippen molar-refractivity contribution in [2.75, 3.05) is 31.8 Å². The van der Waals surface area contributed by atoms with Crippen LogP contribution in [0.25, 0.3) is 0 Å². The smallest absolute Gasteiger partial charge is 0.201 e. The molecule has 0 aromatic heterocycles. The van der Waals surface area contributed by atoms with E-state index in [4.69, 9.17) is 10.9 Å². The molecule has 6 atom stereocenters. The first kappa shape index (κ1) is 17.9. The Balaban J connectivity index is 1.94. The molecule has 2 rings (SSSR count). The fraction of sp³-hybridized carbons (Fsp3) is 0.765. The lowest BCUT2D eigenvalue weighted by Crippen LogP contribution is -2.24. The van der Waals surface area contributed by atoms with Gasteiger partial charge in [0.15, 0.2) is 0 Å². The van der Waals surface area contributed by atoms with Crippen molar-refractivity contribution in [1.82, 2.24) is 0 Å². The zero-order chi connectivity index (χ0) is 16.4. The van der Waals surface area contributed by atoms with E-state index in [2.05, 4.69) is 24.7 Å². The zero-order valence-electron chi connectivity index (χ0n) is 13.7. The molecule has 2 saturated heterocycles. The molecule has 0 aromatic rings. The van der Waals surface area contributed by atoms with E-state index in [-0.39, 0.29) is 17.9 Å². The first-order valence-corrected chi connectivity index (χ1v) is 12.7. The Morgan fingerprint density at radius 1 is 1.14 bits per heavy atom. The Kier molecular flexibility index (Phi) is 5.67. The van der Waals surface area contributed by atoms with E-state index in [0.717, 1.165) is 25.2 Å². The van der Waals surface area contributed by atoms with Gasteiger partial charge < -0.3 is 9.09 Å². The predicted octanol–water partition coefficient (Wildman–Crippen LogP) is 3.98. The van der Waals surface area contributed by atoms with Crippen LogP contribution in [-0.2, 0) is 13.7 Å². The number of rotatable bonds is 1.